The normalized spacial score (nSPS) is 12.0. The monoisotopic (exact) mass is 336 g/mol. The first kappa shape index (κ1) is 15.0. The van der Waals surface area contributed by atoms with Crippen LogP contribution in [0.1, 0.15) is 5.56 Å². The molecule has 0 atom stereocenters. The lowest BCUT2D eigenvalue weighted by Crippen LogP contribution is -2.06. The summed E-state index contributed by atoms with van der Waals surface area (Å²) in [6.45, 7) is 0.829. The summed E-state index contributed by atoms with van der Waals surface area (Å²) in [7, 11) is 0. The molecule has 1 aromatic carbocycles. The van der Waals surface area contributed by atoms with Gasteiger partial charge in [-0.2, -0.15) is 9.97 Å². The predicted molar refractivity (Wildman–Crippen MR) is 93.9 cm³/mol. The van der Waals surface area contributed by atoms with E-state index in [1.54, 1.807) is 18.5 Å². The van der Waals surface area contributed by atoms with Gasteiger partial charge < -0.3 is 25.8 Å². The van der Waals surface area contributed by atoms with Crippen LogP contribution >= 0.6 is 0 Å². The summed E-state index contributed by atoms with van der Waals surface area (Å²) < 4.78 is 10.7. The van der Waals surface area contributed by atoms with Gasteiger partial charge in [0.2, 0.25) is 12.7 Å². The number of nitrogen functional groups attached to an aromatic ring is 1. The van der Waals surface area contributed by atoms with E-state index in [0.29, 0.717) is 23.9 Å². The van der Waals surface area contributed by atoms with Crippen molar-refractivity contribution in [3.8, 4) is 11.5 Å². The molecule has 4 N–H and O–H groups in total. The zero-order valence-corrected chi connectivity index (χ0v) is 13.3. The molecule has 0 spiro atoms. The number of nitrogens with two attached hydrogens (primary N) is 1. The molecular formula is C17H16N6O2. The number of nitrogens with one attached hydrogen (secondary N) is 2. The van der Waals surface area contributed by atoms with Crippen LogP contribution in [0.25, 0.3) is 0 Å². The Morgan fingerprint density at radius 3 is 2.80 bits per heavy atom. The number of rotatable bonds is 5. The molecule has 1 aliphatic rings. The number of hydrogen-bond acceptors (Lipinski definition) is 8. The first-order chi connectivity index (χ1) is 12.3. The lowest BCUT2D eigenvalue weighted by molar-refractivity contribution is 0.174. The van der Waals surface area contributed by atoms with Gasteiger partial charge >= 0.3 is 0 Å². The van der Waals surface area contributed by atoms with Gasteiger partial charge in [0.1, 0.15) is 11.6 Å². The topological polar surface area (TPSA) is 107 Å². The second-order valence-corrected chi connectivity index (χ2v) is 5.40. The Hall–Kier alpha value is -3.55. The van der Waals surface area contributed by atoms with Crippen molar-refractivity contribution in [3.05, 3.63) is 54.4 Å². The maximum Gasteiger partial charge on any atom is 0.231 e. The van der Waals surface area contributed by atoms with Gasteiger partial charge in [0.15, 0.2) is 11.5 Å². The van der Waals surface area contributed by atoms with E-state index in [1.807, 2.05) is 30.3 Å². The predicted octanol–water partition coefficient (Wildman–Crippen LogP) is 2.54. The zero-order valence-electron chi connectivity index (χ0n) is 13.3. The van der Waals surface area contributed by atoms with Crippen LogP contribution in [0.2, 0.25) is 0 Å². The van der Waals surface area contributed by atoms with Crippen LogP contribution in [0.15, 0.2) is 48.8 Å². The fourth-order valence-electron chi connectivity index (χ4n) is 2.44. The number of fused-ring (bicyclic) bond motifs is 1. The molecule has 1 aliphatic heterocycles. The first-order valence-electron chi connectivity index (χ1n) is 7.70. The van der Waals surface area contributed by atoms with E-state index >= 15 is 0 Å². The van der Waals surface area contributed by atoms with Gasteiger partial charge in [-0.25, -0.2) is 0 Å². The van der Waals surface area contributed by atoms with Crippen LogP contribution in [0.3, 0.4) is 0 Å². The molecule has 0 saturated carbocycles. The van der Waals surface area contributed by atoms with Crippen molar-refractivity contribution in [1.82, 2.24) is 15.0 Å². The molecule has 0 amide bonds. The average molecular weight is 336 g/mol. The second kappa shape index (κ2) is 6.52. The summed E-state index contributed by atoms with van der Waals surface area (Å²) in [4.78, 5) is 12.5. The molecule has 0 radical (unpaired) electrons. The molecule has 0 unspecified atom stereocenters. The van der Waals surface area contributed by atoms with Crippen molar-refractivity contribution in [3.63, 3.8) is 0 Å². The Balaban J connectivity index is 1.49. The molecule has 0 aliphatic carbocycles. The van der Waals surface area contributed by atoms with Crippen LogP contribution < -0.4 is 25.8 Å². The van der Waals surface area contributed by atoms with Crippen molar-refractivity contribution < 1.29 is 9.47 Å². The number of nitrogens with zero attached hydrogens (tertiary/aromatic N) is 3. The highest BCUT2D eigenvalue weighted by atomic mass is 16.7. The Morgan fingerprint density at radius 1 is 1.04 bits per heavy atom. The highest BCUT2D eigenvalue weighted by Crippen LogP contribution is 2.35. The van der Waals surface area contributed by atoms with Gasteiger partial charge in [0.25, 0.3) is 0 Å². The smallest absolute Gasteiger partial charge is 0.231 e. The summed E-state index contributed by atoms with van der Waals surface area (Å²) in [6.07, 6.45) is 3.53. The highest BCUT2D eigenvalue weighted by molar-refractivity contribution is 5.64. The van der Waals surface area contributed by atoms with E-state index in [4.69, 9.17) is 15.2 Å². The molecule has 2 aromatic heterocycles. The summed E-state index contributed by atoms with van der Waals surface area (Å²) in [5.74, 6) is 2.81. The highest BCUT2D eigenvalue weighted by Gasteiger charge is 2.13. The molecule has 8 heteroatoms. The maximum atomic E-state index is 5.81. The fraction of sp³-hybridized carbons (Fsp3) is 0.118. The maximum absolute atomic E-state index is 5.81. The first-order valence-corrected chi connectivity index (χ1v) is 7.70. The van der Waals surface area contributed by atoms with Crippen molar-refractivity contribution in [2.75, 3.05) is 23.2 Å². The minimum absolute atomic E-state index is 0.180. The summed E-state index contributed by atoms with van der Waals surface area (Å²) >= 11 is 0. The number of aromatic nitrogens is 3. The Bertz CT molecular complexity index is 888. The molecule has 0 saturated heterocycles. The zero-order chi connectivity index (χ0) is 17.1. The molecule has 0 fully saturated rings. The standard InChI is InChI=1S/C17H16N6O2/c18-17-22-15(20-9-11-2-1-5-19-8-11)7-16(23-17)21-12-3-4-13-14(6-12)25-10-24-13/h1-8H,9-10H2,(H4,18,20,21,22,23). The summed E-state index contributed by atoms with van der Waals surface area (Å²) in [5, 5.41) is 6.41. The molecule has 0 bridgehead atoms. The molecule has 3 heterocycles. The van der Waals surface area contributed by atoms with Gasteiger partial charge in [0, 0.05) is 36.8 Å². The molecule has 4 rings (SSSR count). The molecule has 3 aromatic rings. The Kier molecular flexibility index (Phi) is 3.91. The molecule has 25 heavy (non-hydrogen) atoms. The Labute approximate surface area is 144 Å². The third-order valence-corrected chi connectivity index (χ3v) is 3.58. The van der Waals surface area contributed by atoms with Crippen LogP contribution in [0.4, 0.5) is 23.3 Å². The minimum Gasteiger partial charge on any atom is -0.454 e. The second-order valence-electron chi connectivity index (χ2n) is 5.40. The van der Waals surface area contributed by atoms with Gasteiger partial charge in [-0.1, -0.05) is 6.07 Å². The minimum atomic E-state index is 0.180. The van der Waals surface area contributed by atoms with Crippen molar-refractivity contribution >= 4 is 23.3 Å². The van der Waals surface area contributed by atoms with Gasteiger partial charge in [-0.05, 0) is 23.8 Å². The van der Waals surface area contributed by atoms with Crippen LogP contribution in [-0.4, -0.2) is 21.7 Å². The number of ether oxygens (including phenoxy) is 2. The van der Waals surface area contributed by atoms with E-state index in [1.165, 1.54) is 0 Å². The number of anilines is 4. The summed E-state index contributed by atoms with van der Waals surface area (Å²) in [6, 6.07) is 11.2. The van der Waals surface area contributed by atoms with E-state index in [-0.39, 0.29) is 12.7 Å². The van der Waals surface area contributed by atoms with Crippen LogP contribution in [0.5, 0.6) is 11.5 Å². The van der Waals surface area contributed by atoms with E-state index in [0.717, 1.165) is 17.0 Å². The number of benzene rings is 1. The molecule has 126 valence electrons. The SMILES string of the molecule is Nc1nc(NCc2cccnc2)cc(Nc2ccc3c(c2)OCO3)n1. The lowest BCUT2D eigenvalue weighted by Gasteiger charge is -2.10. The lowest BCUT2D eigenvalue weighted by atomic mass is 10.2. The van der Waals surface area contributed by atoms with Gasteiger partial charge in [-0.3, -0.25) is 4.98 Å². The van der Waals surface area contributed by atoms with Gasteiger partial charge in [-0.15, -0.1) is 0 Å². The average Bonchev–Trinajstić information content (AvgIpc) is 3.08. The van der Waals surface area contributed by atoms with Gasteiger partial charge in [0.05, 0.1) is 0 Å². The van der Waals surface area contributed by atoms with E-state index < -0.39 is 0 Å². The fourth-order valence-corrected chi connectivity index (χ4v) is 2.44. The van der Waals surface area contributed by atoms with Crippen molar-refractivity contribution in [2.24, 2.45) is 0 Å². The molecular weight excluding hydrogens is 320 g/mol. The largest absolute Gasteiger partial charge is 0.454 e. The molecule has 8 nitrogen and oxygen atoms in total. The Morgan fingerprint density at radius 2 is 1.92 bits per heavy atom. The van der Waals surface area contributed by atoms with Crippen molar-refractivity contribution in [1.29, 1.82) is 0 Å². The van der Waals surface area contributed by atoms with E-state index in [2.05, 4.69) is 25.6 Å². The quantitative estimate of drug-likeness (QED) is 0.652. The van der Waals surface area contributed by atoms with E-state index in [9.17, 15) is 0 Å². The van der Waals surface area contributed by atoms with Crippen LogP contribution in [-0.2, 0) is 6.54 Å². The summed E-state index contributed by atoms with van der Waals surface area (Å²) in [5.41, 5.74) is 7.68. The van der Waals surface area contributed by atoms with Crippen molar-refractivity contribution in [2.45, 2.75) is 6.54 Å². The van der Waals surface area contributed by atoms with Crippen LogP contribution in [0, 0.1) is 0 Å². The third-order valence-electron chi connectivity index (χ3n) is 3.58. The number of pyridine rings is 1. The number of hydrogen-bond donors (Lipinski definition) is 3. The third kappa shape index (κ3) is 3.52.